The standard InChI is InChI=1S/C17H16ClF2N5O/c1-3-10(2)9-24-14(13-11(19)5-4-6-12(13)20)15(18)22-16(17(24)26)25-8-7-21-23-25/h4-8,10H,3,9H2,1-2H3/t10-/m0/s1. The van der Waals surface area contributed by atoms with E-state index in [9.17, 15) is 13.6 Å². The van der Waals surface area contributed by atoms with Crippen molar-refractivity contribution in [3.05, 3.63) is 57.7 Å². The molecule has 1 atom stereocenters. The Labute approximate surface area is 153 Å². The van der Waals surface area contributed by atoms with Gasteiger partial charge in [0.05, 0.1) is 23.7 Å². The maximum absolute atomic E-state index is 14.4. The van der Waals surface area contributed by atoms with Gasteiger partial charge in [0, 0.05) is 6.54 Å². The van der Waals surface area contributed by atoms with E-state index in [0.717, 1.165) is 18.6 Å². The van der Waals surface area contributed by atoms with Gasteiger partial charge in [0.2, 0.25) is 5.82 Å². The second-order valence-corrected chi connectivity index (χ2v) is 6.31. The molecule has 2 aromatic heterocycles. The second-order valence-electron chi connectivity index (χ2n) is 5.95. The van der Waals surface area contributed by atoms with Crippen molar-refractivity contribution in [2.45, 2.75) is 26.8 Å². The molecule has 0 saturated heterocycles. The zero-order chi connectivity index (χ0) is 18.8. The normalized spacial score (nSPS) is 12.3. The van der Waals surface area contributed by atoms with Gasteiger partial charge in [-0.1, -0.05) is 43.1 Å². The molecule has 0 aliphatic carbocycles. The van der Waals surface area contributed by atoms with Crippen molar-refractivity contribution in [1.82, 2.24) is 24.5 Å². The number of rotatable bonds is 5. The van der Waals surface area contributed by atoms with Crippen LogP contribution in [0.25, 0.3) is 17.1 Å². The lowest BCUT2D eigenvalue weighted by Gasteiger charge is -2.19. The fourth-order valence-corrected chi connectivity index (χ4v) is 2.85. The van der Waals surface area contributed by atoms with Gasteiger partial charge in [-0.2, -0.15) is 4.68 Å². The van der Waals surface area contributed by atoms with E-state index in [1.54, 1.807) is 0 Å². The lowest BCUT2D eigenvalue weighted by molar-refractivity contribution is 0.458. The Balaban J connectivity index is 2.34. The largest absolute Gasteiger partial charge is 0.302 e. The topological polar surface area (TPSA) is 65.6 Å². The van der Waals surface area contributed by atoms with Gasteiger partial charge in [-0.25, -0.2) is 13.8 Å². The van der Waals surface area contributed by atoms with Crippen molar-refractivity contribution in [2.24, 2.45) is 5.92 Å². The zero-order valence-corrected chi connectivity index (χ0v) is 14.9. The average Bonchev–Trinajstić information content (AvgIpc) is 3.14. The molecule has 3 aromatic rings. The first-order valence-corrected chi connectivity index (χ1v) is 8.43. The second kappa shape index (κ2) is 7.33. The molecule has 136 valence electrons. The van der Waals surface area contributed by atoms with Crippen LogP contribution in [-0.2, 0) is 6.54 Å². The quantitative estimate of drug-likeness (QED) is 0.680. The minimum Gasteiger partial charge on any atom is -0.302 e. The summed E-state index contributed by atoms with van der Waals surface area (Å²) in [6, 6.07) is 3.46. The molecule has 0 N–H and O–H groups in total. The first-order valence-electron chi connectivity index (χ1n) is 8.05. The zero-order valence-electron chi connectivity index (χ0n) is 14.2. The van der Waals surface area contributed by atoms with Crippen LogP contribution in [0.15, 0.2) is 35.4 Å². The summed E-state index contributed by atoms with van der Waals surface area (Å²) in [5.74, 6) is -1.65. The molecule has 0 aliphatic rings. The lowest BCUT2D eigenvalue weighted by Crippen LogP contribution is -2.30. The Hall–Kier alpha value is -2.61. The van der Waals surface area contributed by atoms with Gasteiger partial charge in [-0.15, -0.1) is 5.10 Å². The van der Waals surface area contributed by atoms with Crippen molar-refractivity contribution in [3.63, 3.8) is 0 Å². The molecule has 0 amide bonds. The summed E-state index contributed by atoms with van der Waals surface area (Å²) in [5, 5.41) is 7.20. The molecule has 3 rings (SSSR count). The Morgan fingerprint density at radius 1 is 1.27 bits per heavy atom. The number of hydrogen-bond acceptors (Lipinski definition) is 4. The SMILES string of the molecule is CC[C@H](C)Cn1c(-c2c(F)cccc2F)c(Cl)nc(-n2ccnn2)c1=O. The highest BCUT2D eigenvalue weighted by Gasteiger charge is 2.24. The van der Waals surface area contributed by atoms with Crippen LogP contribution in [0, 0.1) is 17.6 Å². The Bertz CT molecular complexity index is 967. The lowest BCUT2D eigenvalue weighted by atomic mass is 10.1. The number of aromatic nitrogens is 5. The van der Waals surface area contributed by atoms with Crippen LogP contribution in [0.5, 0.6) is 0 Å². The molecule has 0 fully saturated rings. The molecule has 9 heteroatoms. The molecular weight excluding hydrogens is 364 g/mol. The number of nitrogens with zero attached hydrogens (tertiary/aromatic N) is 5. The van der Waals surface area contributed by atoms with Crippen LogP contribution in [0.3, 0.4) is 0 Å². The summed E-state index contributed by atoms with van der Waals surface area (Å²) in [5.41, 5.74) is -1.02. The Morgan fingerprint density at radius 2 is 1.96 bits per heavy atom. The third-order valence-corrected chi connectivity index (χ3v) is 4.40. The van der Waals surface area contributed by atoms with E-state index in [0.29, 0.717) is 0 Å². The Kier molecular flexibility index (Phi) is 5.13. The smallest absolute Gasteiger partial charge is 0.296 e. The van der Waals surface area contributed by atoms with Crippen LogP contribution < -0.4 is 5.56 Å². The minimum atomic E-state index is -0.820. The fraction of sp³-hybridized carbons (Fsp3) is 0.294. The monoisotopic (exact) mass is 379 g/mol. The summed E-state index contributed by atoms with van der Waals surface area (Å²) in [6.07, 6.45) is 3.60. The van der Waals surface area contributed by atoms with E-state index in [1.807, 2.05) is 13.8 Å². The van der Waals surface area contributed by atoms with E-state index in [4.69, 9.17) is 11.6 Å². The highest BCUT2D eigenvalue weighted by atomic mass is 35.5. The summed E-state index contributed by atoms with van der Waals surface area (Å²) in [7, 11) is 0. The van der Waals surface area contributed by atoms with Crippen molar-refractivity contribution in [2.75, 3.05) is 0 Å². The van der Waals surface area contributed by atoms with Gasteiger partial charge in [-0.3, -0.25) is 4.79 Å². The summed E-state index contributed by atoms with van der Waals surface area (Å²) < 4.78 is 31.1. The molecular formula is C17H16ClF2N5O. The van der Waals surface area contributed by atoms with E-state index in [-0.39, 0.29) is 34.7 Å². The van der Waals surface area contributed by atoms with Crippen LogP contribution in [0.1, 0.15) is 20.3 Å². The summed E-state index contributed by atoms with van der Waals surface area (Å²) in [4.78, 5) is 17.0. The number of benzene rings is 1. The molecule has 0 aliphatic heterocycles. The van der Waals surface area contributed by atoms with E-state index < -0.39 is 17.2 Å². The van der Waals surface area contributed by atoms with Gasteiger partial charge in [0.1, 0.15) is 11.6 Å². The van der Waals surface area contributed by atoms with Crippen molar-refractivity contribution < 1.29 is 8.78 Å². The fourth-order valence-electron chi connectivity index (χ4n) is 2.57. The molecule has 0 unspecified atom stereocenters. The molecule has 0 radical (unpaired) electrons. The Morgan fingerprint density at radius 3 is 2.54 bits per heavy atom. The minimum absolute atomic E-state index is 0.0725. The average molecular weight is 380 g/mol. The highest BCUT2D eigenvalue weighted by molar-refractivity contribution is 6.31. The first kappa shape index (κ1) is 18.2. The summed E-state index contributed by atoms with van der Waals surface area (Å²) >= 11 is 6.26. The first-order chi connectivity index (χ1) is 12.4. The molecule has 1 aromatic carbocycles. The van der Waals surface area contributed by atoms with Gasteiger partial charge in [0.25, 0.3) is 5.56 Å². The van der Waals surface area contributed by atoms with Gasteiger partial charge >= 0.3 is 0 Å². The van der Waals surface area contributed by atoms with Crippen LogP contribution in [-0.4, -0.2) is 24.5 Å². The molecule has 26 heavy (non-hydrogen) atoms. The molecule has 2 heterocycles. The van der Waals surface area contributed by atoms with E-state index in [2.05, 4.69) is 15.3 Å². The molecule has 0 spiro atoms. The van der Waals surface area contributed by atoms with E-state index >= 15 is 0 Å². The van der Waals surface area contributed by atoms with Gasteiger partial charge in [0.15, 0.2) is 5.15 Å². The molecule has 0 bridgehead atoms. The van der Waals surface area contributed by atoms with Gasteiger partial charge in [-0.05, 0) is 18.1 Å². The number of hydrogen-bond donors (Lipinski definition) is 0. The molecule has 6 nitrogen and oxygen atoms in total. The predicted octanol–water partition coefficient (Wildman–Crippen LogP) is 3.47. The van der Waals surface area contributed by atoms with Crippen LogP contribution in [0.4, 0.5) is 8.78 Å². The van der Waals surface area contributed by atoms with Crippen molar-refractivity contribution in [1.29, 1.82) is 0 Å². The van der Waals surface area contributed by atoms with Crippen molar-refractivity contribution >= 4 is 11.6 Å². The van der Waals surface area contributed by atoms with Crippen LogP contribution >= 0.6 is 11.6 Å². The van der Waals surface area contributed by atoms with Gasteiger partial charge < -0.3 is 4.57 Å². The third kappa shape index (κ3) is 3.24. The predicted molar refractivity (Wildman–Crippen MR) is 93.2 cm³/mol. The van der Waals surface area contributed by atoms with E-state index in [1.165, 1.54) is 27.7 Å². The van der Waals surface area contributed by atoms with Crippen LogP contribution in [0.2, 0.25) is 5.15 Å². The molecule has 0 saturated carbocycles. The number of halogens is 3. The highest BCUT2D eigenvalue weighted by Crippen LogP contribution is 2.31. The van der Waals surface area contributed by atoms with Crippen molar-refractivity contribution in [3.8, 4) is 17.1 Å². The third-order valence-electron chi connectivity index (χ3n) is 4.14. The maximum atomic E-state index is 14.4. The maximum Gasteiger partial charge on any atom is 0.296 e. The summed E-state index contributed by atoms with van der Waals surface area (Å²) in [6.45, 7) is 4.11.